The van der Waals surface area contributed by atoms with Crippen molar-refractivity contribution in [1.29, 1.82) is 0 Å². The highest BCUT2D eigenvalue weighted by atomic mass is 32.1. The highest BCUT2D eigenvalue weighted by Gasteiger charge is 2.58. The van der Waals surface area contributed by atoms with Crippen LogP contribution in [0.4, 0.5) is 8.78 Å². The van der Waals surface area contributed by atoms with Crippen LogP contribution in [-0.2, 0) is 18.4 Å². The van der Waals surface area contributed by atoms with Crippen LogP contribution >= 0.6 is 20.2 Å². The summed E-state index contributed by atoms with van der Waals surface area (Å²) < 4.78 is 46.1. The third kappa shape index (κ3) is 2.76. The van der Waals surface area contributed by atoms with Gasteiger partial charge in [0.1, 0.15) is 0 Å². The first-order valence-corrected chi connectivity index (χ1v) is 5.81. The van der Waals surface area contributed by atoms with Gasteiger partial charge in [0, 0.05) is 0 Å². The van der Waals surface area contributed by atoms with E-state index in [1.807, 2.05) is 0 Å². The Morgan fingerprint density at radius 3 is 1.93 bits per heavy atom. The third-order valence-electron chi connectivity index (χ3n) is 1.20. The molecule has 0 aliphatic heterocycles. The minimum absolute atomic E-state index is 0.242. The first-order chi connectivity index (χ1) is 6.31. The molecule has 0 unspecified atom stereocenters. The van der Waals surface area contributed by atoms with Crippen LogP contribution in [0, 0.1) is 0 Å². The third-order valence-corrected chi connectivity index (χ3v) is 3.74. The van der Waals surface area contributed by atoms with Crippen LogP contribution in [0.1, 0.15) is 13.8 Å². The maximum atomic E-state index is 13.0. The summed E-state index contributed by atoms with van der Waals surface area (Å²) in [7, 11) is -4.74. The molecule has 0 fully saturated rings. The average Bonchev–Trinajstić information content (AvgIpc) is 2.04. The first-order valence-electron chi connectivity index (χ1n) is 3.82. The van der Waals surface area contributed by atoms with E-state index in [1.54, 1.807) is 0 Å². The summed E-state index contributed by atoms with van der Waals surface area (Å²) >= 11 is 2.94. The van der Waals surface area contributed by atoms with Crippen molar-refractivity contribution in [3.05, 3.63) is 0 Å². The van der Waals surface area contributed by atoms with E-state index in [0.29, 0.717) is 0 Å². The standard InChI is InChI=1S/C6H11F2O4PS/c1-3-11-13(10,12-4-2)6(7,8)5(9)14/h3-4H2,1-2H3,(H,9,14). The largest absolute Gasteiger partial charge is 0.412 e. The molecule has 4 nitrogen and oxygen atoms in total. The number of alkyl halides is 2. The molecule has 0 heterocycles. The van der Waals surface area contributed by atoms with Gasteiger partial charge in [0.05, 0.1) is 13.2 Å². The molecule has 0 aromatic rings. The lowest BCUT2D eigenvalue weighted by Crippen LogP contribution is -2.27. The maximum absolute atomic E-state index is 13.0. The highest BCUT2D eigenvalue weighted by Crippen LogP contribution is 2.62. The van der Waals surface area contributed by atoms with Crippen LogP contribution < -0.4 is 0 Å². The Morgan fingerprint density at radius 2 is 1.71 bits per heavy atom. The van der Waals surface area contributed by atoms with Crippen LogP contribution in [0.3, 0.4) is 0 Å². The van der Waals surface area contributed by atoms with Crippen molar-refractivity contribution in [2.75, 3.05) is 13.2 Å². The molecule has 0 atom stereocenters. The zero-order valence-electron chi connectivity index (χ0n) is 7.70. The highest BCUT2D eigenvalue weighted by molar-refractivity contribution is 7.97. The van der Waals surface area contributed by atoms with E-state index < -0.39 is 18.4 Å². The second kappa shape index (κ2) is 5.21. The summed E-state index contributed by atoms with van der Waals surface area (Å²) in [6, 6.07) is 0. The topological polar surface area (TPSA) is 52.6 Å². The molecule has 0 saturated heterocycles. The Labute approximate surface area is 85.9 Å². The quantitative estimate of drug-likeness (QED) is 0.579. The number of rotatable bonds is 6. The molecule has 0 radical (unpaired) electrons. The second-order valence-corrected chi connectivity index (χ2v) is 4.66. The Bertz CT molecular complexity index is 248. The van der Waals surface area contributed by atoms with Gasteiger partial charge in [0.25, 0.3) is 5.12 Å². The van der Waals surface area contributed by atoms with Crippen molar-refractivity contribution in [2.45, 2.75) is 19.5 Å². The van der Waals surface area contributed by atoms with Crippen molar-refractivity contribution in [3.63, 3.8) is 0 Å². The molecule has 0 aliphatic carbocycles. The molecule has 0 aromatic heterocycles. The number of hydrogen-bond acceptors (Lipinski definition) is 4. The Balaban J connectivity index is 4.99. The predicted molar refractivity (Wildman–Crippen MR) is 49.8 cm³/mol. The zero-order chi connectivity index (χ0) is 11.4. The predicted octanol–water partition coefficient (Wildman–Crippen LogP) is 2.30. The summed E-state index contributed by atoms with van der Waals surface area (Å²) in [5.74, 6) is 0. The van der Waals surface area contributed by atoms with Crippen molar-refractivity contribution in [3.8, 4) is 0 Å². The van der Waals surface area contributed by atoms with E-state index in [1.165, 1.54) is 13.8 Å². The molecule has 0 bridgehead atoms. The van der Waals surface area contributed by atoms with Crippen molar-refractivity contribution in [1.82, 2.24) is 0 Å². The molecule has 84 valence electrons. The number of carbonyl (C=O) groups excluding carboxylic acids is 1. The van der Waals surface area contributed by atoms with E-state index in [-0.39, 0.29) is 13.2 Å². The fourth-order valence-electron chi connectivity index (χ4n) is 0.656. The van der Waals surface area contributed by atoms with Crippen molar-refractivity contribution < 1.29 is 27.2 Å². The molecule has 0 saturated carbocycles. The molecular formula is C6H11F2O4PS. The summed E-state index contributed by atoms with van der Waals surface area (Å²) in [4.78, 5) is 10.4. The lowest BCUT2D eigenvalue weighted by Gasteiger charge is -2.22. The summed E-state index contributed by atoms with van der Waals surface area (Å²) in [6.07, 6.45) is 0. The molecule has 0 amide bonds. The smallest absolute Gasteiger partial charge is 0.304 e. The van der Waals surface area contributed by atoms with Crippen LogP contribution in [0.5, 0.6) is 0 Å². The minimum Gasteiger partial charge on any atom is -0.304 e. The lowest BCUT2D eigenvalue weighted by molar-refractivity contribution is -0.125. The van der Waals surface area contributed by atoms with Gasteiger partial charge < -0.3 is 9.05 Å². The van der Waals surface area contributed by atoms with Crippen LogP contribution in [0.15, 0.2) is 0 Å². The van der Waals surface area contributed by atoms with Gasteiger partial charge in [0.2, 0.25) is 0 Å². The Kier molecular flexibility index (Phi) is 5.22. The van der Waals surface area contributed by atoms with Crippen LogP contribution in [-0.4, -0.2) is 24.0 Å². The van der Waals surface area contributed by atoms with Crippen LogP contribution in [0.25, 0.3) is 0 Å². The van der Waals surface area contributed by atoms with Crippen molar-refractivity contribution in [2.24, 2.45) is 0 Å². The van der Waals surface area contributed by atoms with E-state index in [0.717, 1.165) is 0 Å². The van der Waals surface area contributed by atoms with E-state index in [4.69, 9.17) is 0 Å². The van der Waals surface area contributed by atoms with E-state index in [2.05, 4.69) is 21.7 Å². The van der Waals surface area contributed by atoms with Gasteiger partial charge in [0.15, 0.2) is 0 Å². The molecule has 0 spiro atoms. The number of thiol groups is 1. The molecule has 8 heteroatoms. The number of hydrogen-bond donors (Lipinski definition) is 1. The average molecular weight is 248 g/mol. The molecule has 0 rings (SSSR count). The summed E-state index contributed by atoms with van der Waals surface area (Å²) in [6.45, 7) is 2.25. The molecular weight excluding hydrogens is 237 g/mol. The van der Waals surface area contributed by atoms with Gasteiger partial charge in [-0.2, -0.15) is 8.78 Å². The lowest BCUT2D eigenvalue weighted by atomic mass is 10.8. The van der Waals surface area contributed by atoms with Crippen LogP contribution in [0.2, 0.25) is 0 Å². The summed E-state index contributed by atoms with van der Waals surface area (Å²) in [5, 5.41) is -1.83. The van der Waals surface area contributed by atoms with E-state index in [9.17, 15) is 18.1 Å². The van der Waals surface area contributed by atoms with Gasteiger partial charge in [-0.25, -0.2) is 0 Å². The van der Waals surface area contributed by atoms with Crippen molar-refractivity contribution >= 4 is 25.3 Å². The Morgan fingerprint density at radius 1 is 1.36 bits per heavy atom. The Hall–Kier alpha value is 0.0300. The molecule has 0 aromatic carbocycles. The SMILES string of the molecule is CCOP(=O)(OCC)C(F)(F)C(=O)S. The number of halogens is 2. The monoisotopic (exact) mass is 248 g/mol. The van der Waals surface area contributed by atoms with Gasteiger partial charge in [-0.1, -0.05) is 12.6 Å². The van der Waals surface area contributed by atoms with Gasteiger partial charge in [-0.3, -0.25) is 9.36 Å². The number of carbonyl (C=O) groups is 1. The normalized spacial score (nSPS) is 12.9. The van der Waals surface area contributed by atoms with Gasteiger partial charge in [-0.05, 0) is 13.8 Å². The van der Waals surface area contributed by atoms with E-state index >= 15 is 0 Å². The maximum Gasteiger partial charge on any atom is 0.412 e. The van der Waals surface area contributed by atoms with Gasteiger partial charge >= 0.3 is 13.3 Å². The minimum atomic E-state index is -4.74. The fraction of sp³-hybridized carbons (Fsp3) is 0.833. The zero-order valence-corrected chi connectivity index (χ0v) is 9.49. The fourth-order valence-corrected chi connectivity index (χ4v) is 2.34. The molecule has 0 N–H and O–H groups in total. The molecule has 0 aliphatic rings. The van der Waals surface area contributed by atoms with Gasteiger partial charge in [-0.15, -0.1) is 0 Å². The second-order valence-electron chi connectivity index (χ2n) is 2.18. The first kappa shape index (κ1) is 14.0. The summed E-state index contributed by atoms with van der Waals surface area (Å²) in [5.41, 5.74) is -4.21. The molecule has 14 heavy (non-hydrogen) atoms.